The van der Waals surface area contributed by atoms with Gasteiger partial charge in [0.1, 0.15) is 0 Å². The highest BCUT2D eigenvalue weighted by molar-refractivity contribution is 7.83. The first kappa shape index (κ1) is 13.7. The summed E-state index contributed by atoms with van der Waals surface area (Å²) in [6.45, 7) is 0.436. The fourth-order valence-corrected chi connectivity index (χ4v) is 0.640. The van der Waals surface area contributed by atoms with E-state index < -0.39 is 10.3 Å². The zero-order valence-electron chi connectivity index (χ0n) is 6.35. The van der Waals surface area contributed by atoms with Gasteiger partial charge >= 0.3 is 10.3 Å². The van der Waals surface area contributed by atoms with Gasteiger partial charge in [0.25, 0.3) is 0 Å². The number of likely N-dealkylation sites (N-methyl/N-ethyl adjacent to an activating group) is 1. The molecule has 0 aromatic carbocycles. The molecule has 11 heavy (non-hydrogen) atoms. The van der Waals surface area contributed by atoms with Crippen LogP contribution in [0.5, 0.6) is 0 Å². The van der Waals surface area contributed by atoms with E-state index in [4.69, 9.17) is 4.55 Å². The van der Waals surface area contributed by atoms with Crippen molar-refractivity contribution >= 4 is 22.7 Å². The minimum atomic E-state index is -4.02. The van der Waals surface area contributed by atoms with E-state index in [0.717, 1.165) is 4.31 Å². The van der Waals surface area contributed by atoms with Crippen LogP contribution in [0.3, 0.4) is 0 Å². The Morgan fingerprint density at radius 3 is 2.27 bits per heavy atom. The van der Waals surface area contributed by atoms with Crippen LogP contribution in [0.2, 0.25) is 0 Å². The molecule has 0 heterocycles. The van der Waals surface area contributed by atoms with Crippen LogP contribution in [-0.2, 0) is 15.0 Å². The van der Waals surface area contributed by atoms with Gasteiger partial charge in [-0.15, -0.1) is 12.4 Å². The summed E-state index contributed by atoms with van der Waals surface area (Å²) >= 11 is 0. The molecular weight excluding hydrogens is 194 g/mol. The van der Waals surface area contributed by atoms with E-state index in [2.05, 4.69) is 4.74 Å². The summed E-state index contributed by atoms with van der Waals surface area (Å²) in [5.41, 5.74) is 0. The molecular formula is C4H12ClNO4S. The van der Waals surface area contributed by atoms with E-state index in [1.165, 1.54) is 14.2 Å². The van der Waals surface area contributed by atoms with Crippen molar-refractivity contribution in [3.63, 3.8) is 0 Å². The van der Waals surface area contributed by atoms with Crippen LogP contribution < -0.4 is 0 Å². The van der Waals surface area contributed by atoms with E-state index in [1.54, 1.807) is 0 Å². The summed E-state index contributed by atoms with van der Waals surface area (Å²) in [5.74, 6) is 0. The SMILES string of the molecule is COCCN(C)S(=O)(=O)O.Cl. The van der Waals surface area contributed by atoms with Gasteiger partial charge in [0.15, 0.2) is 0 Å². The van der Waals surface area contributed by atoms with Gasteiger partial charge < -0.3 is 4.74 Å². The number of ether oxygens (including phenoxy) is 1. The van der Waals surface area contributed by atoms with Crippen molar-refractivity contribution in [3.05, 3.63) is 0 Å². The van der Waals surface area contributed by atoms with Crippen LogP contribution in [0.4, 0.5) is 0 Å². The molecule has 7 heteroatoms. The van der Waals surface area contributed by atoms with Crippen molar-refractivity contribution < 1.29 is 17.7 Å². The zero-order valence-corrected chi connectivity index (χ0v) is 7.98. The minimum Gasteiger partial charge on any atom is -0.383 e. The van der Waals surface area contributed by atoms with Gasteiger partial charge in [-0.2, -0.15) is 12.7 Å². The molecule has 0 radical (unpaired) electrons. The van der Waals surface area contributed by atoms with Gasteiger partial charge in [-0.1, -0.05) is 0 Å². The topological polar surface area (TPSA) is 66.8 Å². The molecule has 0 aromatic rings. The molecule has 1 N–H and O–H groups in total. The van der Waals surface area contributed by atoms with E-state index in [0.29, 0.717) is 0 Å². The highest BCUT2D eigenvalue weighted by Crippen LogP contribution is 1.90. The molecule has 0 saturated carbocycles. The van der Waals surface area contributed by atoms with E-state index in [9.17, 15) is 8.42 Å². The van der Waals surface area contributed by atoms with Crippen LogP contribution in [0.15, 0.2) is 0 Å². The van der Waals surface area contributed by atoms with Crippen molar-refractivity contribution in [2.24, 2.45) is 0 Å². The Kier molecular flexibility index (Phi) is 7.13. The lowest BCUT2D eigenvalue weighted by atomic mass is 10.7. The lowest BCUT2D eigenvalue weighted by Gasteiger charge is -2.10. The second kappa shape index (κ2) is 5.73. The molecule has 0 aliphatic heterocycles. The maximum absolute atomic E-state index is 10.3. The van der Waals surface area contributed by atoms with Gasteiger partial charge in [0.2, 0.25) is 0 Å². The highest BCUT2D eigenvalue weighted by Gasteiger charge is 2.11. The molecule has 0 unspecified atom stereocenters. The molecule has 0 rings (SSSR count). The summed E-state index contributed by atoms with van der Waals surface area (Å²) in [5, 5.41) is 0. The third-order valence-corrected chi connectivity index (χ3v) is 1.97. The van der Waals surface area contributed by atoms with Crippen LogP contribution >= 0.6 is 12.4 Å². The normalized spacial score (nSPS) is 11.3. The second-order valence-corrected chi connectivity index (χ2v) is 3.31. The number of methoxy groups -OCH3 is 1. The number of hydrogen-bond donors (Lipinski definition) is 1. The summed E-state index contributed by atoms with van der Waals surface area (Å²) in [7, 11) is -1.29. The smallest absolute Gasteiger partial charge is 0.335 e. The second-order valence-electron chi connectivity index (χ2n) is 1.79. The molecule has 0 amide bonds. The molecule has 0 aliphatic rings. The summed E-state index contributed by atoms with van der Waals surface area (Å²) in [6, 6.07) is 0. The first-order valence-corrected chi connectivity index (χ1v) is 4.06. The first-order chi connectivity index (χ1) is 4.48. The highest BCUT2D eigenvalue weighted by atomic mass is 35.5. The molecule has 0 atom stereocenters. The van der Waals surface area contributed by atoms with Gasteiger partial charge in [-0.05, 0) is 0 Å². The van der Waals surface area contributed by atoms with Crippen LogP contribution in [0, 0.1) is 0 Å². The predicted molar refractivity (Wildman–Crippen MR) is 43.3 cm³/mol. The van der Waals surface area contributed by atoms with E-state index >= 15 is 0 Å². The van der Waals surface area contributed by atoms with Gasteiger partial charge in [0.05, 0.1) is 6.61 Å². The minimum absolute atomic E-state index is 0. The lowest BCUT2D eigenvalue weighted by Crippen LogP contribution is -2.29. The van der Waals surface area contributed by atoms with Crippen molar-refractivity contribution in [1.82, 2.24) is 4.31 Å². The summed E-state index contributed by atoms with van der Waals surface area (Å²) in [4.78, 5) is 0. The van der Waals surface area contributed by atoms with Gasteiger partial charge in [-0.25, -0.2) is 0 Å². The molecule has 0 aliphatic carbocycles. The van der Waals surface area contributed by atoms with E-state index in [1.807, 2.05) is 0 Å². The van der Waals surface area contributed by atoms with Crippen molar-refractivity contribution in [2.75, 3.05) is 27.3 Å². The monoisotopic (exact) mass is 205 g/mol. The maximum Gasteiger partial charge on any atom is 0.335 e. The number of nitrogens with zero attached hydrogens (tertiary/aromatic N) is 1. The zero-order chi connectivity index (χ0) is 8.20. The Morgan fingerprint density at radius 1 is 1.55 bits per heavy atom. The van der Waals surface area contributed by atoms with E-state index in [-0.39, 0.29) is 25.6 Å². The van der Waals surface area contributed by atoms with Crippen LogP contribution in [0.25, 0.3) is 0 Å². The third-order valence-electron chi connectivity index (χ3n) is 1.00. The molecule has 0 aromatic heterocycles. The quantitative estimate of drug-likeness (QED) is 0.645. The summed E-state index contributed by atoms with van der Waals surface area (Å²) < 4.78 is 34.3. The molecule has 5 nitrogen and oxygen atoms in total. The standard InChI is InChI=1S/C4H11NO4S.ClH/c1-5(3-4-9-2)10(6,7)8;/h3-4H2,1-2H3,(H,6,7,8);1H. The van der Waals surface area contributed by atoms with Crippen LogP contribution in [-0.4, -0.2) is 44.6 Å². The Labute approximate surface area is 72.6 Å². The lowest BCUT2D eigenvalue weighted by molar-refractivity contribution is 0.182. The number of halogens is 1. The average molecular weight is 206 g/mol. The third kappa shape index (κ3) is 6.52. The maximum atomic E-state index is 10.3. The molecule has 0 saturated heterocycles. The molecule has 0 bridgehead atoms. The van der Waals surface area contributed by atoms with Crippen molar-refractivity contribution in [2.45, 2.75) is 0 Å². The number of rotatable bonds is 4. The molecule has 0 spiro atoms. The largest absolute Gasteiger partial charge is 0.383 e. The predicted octanol–water partition coefficient (Wildman–Crippen LogP) is -0.211. The van der Waals surface area contributed by atoms with Crippen LogP contribution in [0.1, 0.15) is 0 Å². The van der Waals surface area contributed by atoms with Gasteiger partial charge in [0, 0.05) is 20.7 Å². The van der Waals surface area contributed by atoms with Crippen molar-refractivity contribution in [1.29, 1.82) is 0 Å². The Balaban J connectivity index is 0. The Hall–Kier alpha value is 0.120. The Morgan fingerprint density at radius 2 is 2.00 bits per heavy atom. The van der Waals surface area contributed by atoms with Crippen molar-refractivity contribution in [3.8, 4) is 0 Å². The van der Waals surface area contributed by atoms with Gasteiger partial charge in [-0.3, -0.25) is 4.55 Å². The fourth-order valence-electron chi connectivity index (χ4n) is 0.335. The molecule has 70 valence electrons. The first-order valence-electron chi connectivity index (χ1n) is 2.66. The number of hydrogen-bond acceptors (Lipinski definition) is 3. The summed E-state index contributed by atoms with van der Waals surface area (Å²) in [6.07, 6.45) is 0. The fraction of sp³-hybridized carbons (Fsp3) is 1.00. The average Bonchev–Trinajstić information content (AvgIpc) is 1.80. The Bertz CT molecular complexity index is 181. The molecule has 0 fully saturated rings.